The van der Waals surface area contributed by atoms with E-state index in [1.54, 1.807) is 0 Å². The van der Waals surface area contributed by atoms with Crippen LogP contribution in [0.5, 0.6) is 5.75 Å². The maximum Gasteiger partial charge on any atom is 0.214 e. The molecule has 0 atom stereocenters. The number of nitrogens with zero attached hydrogens (tertiary/aromatic N) is 2. The van der Waals surface area contributed by atoms with Crippen LogP contribution >= 0.6 is 23.8 Å². The third-order valence-electron chi connectivity index (χ3n) is 3.93. The zero-order valence-electron chi connectivity index (χ0n) is 14.5. The summed E-state index contributed by atoms with van der Waals surface area (Å²) < 4.78 is 8.22. The Bertz CT molecular complexity index is 904. The van der Waals surface area contributed by atoms with Gasteiger partial charge in [-0.3, -0.25) is 5.10 Å². The lowest BCUT2D eigenvalue weighted by Crippen LogP contribution is -2.17. The normalized spacial score (nSPS) is 10.7. The number of halogens is 1. The summed E-state index contributed by atoms with van der Waals surface area (Å²) in [4.78, 5) is 0. The molecule has 3 aromatic rings. The maximum absolute atomic E-state index is 6.15. The van der Waals surface area contributed by atoms with Gasteiger partial charge in [-0.25, -0.2) is 4.68 Å². The third kappa shape index (κ3) is 4.65. The first-order chi connectivity index (χ1) is 12.7. The fraction of sp³-hybridized carbons (Fsp3) is 0.263. The van der Waals surface area contributed by atoms with Gasteiger partial charge in [-0.05, 0) is 42.4 Å². The summed E-state index contributed by atoms with van der Waals surface area (Å²) in [5.74, 6) is 1.72. The van der Waals surface area contributed by atoms with Gasteiger partial charge in [-0.15, -0.1) is 0 Å². The highest BCUT2D eigenvalue weighted by atomic mass is 35.5. The summed E-state index contributed by atoms with van der Waals surface area (Å²) in [5, 5.41) is 7.79. The van der Waals surface area contributed by atoms with E-state index in [4.69, 9.17) is 28.6 Å². The van der Waals surface area contributed by atoms with Crippen molar-refractivity contribution in [1.29, 1.82) is 0 Å². The first-order valence-electron chi connectivity index (χ1n) is 8.52. The second-order valence-corrected chi connectivity index (χ2v) is 6.68. The number of aromatic nitrogens is 3. The van der Waals surface area contributed by atoms with Gasteiger partial charge in [-0.1, -0.05) is 48.9 Å². The van der Waals surface area contributed by atoms with Crippen molar-refractivity contribution in [2.45, 2.75) is 32.9 Å². The number of hydrogen-bond donors (Lipinski definition) is 2. The van der Waals surface area contributed by atoms with Crippen molar-refractivity contribution in [2.75, 3.05) is 5.43 Å². The van der Waals surface area contributed by atoms with E-state index in [1.807, 2.05) is 53.2 Å². The number of ether oxygens (including phenoxy) is 1. The average molecular weight is 389 g/mol. The number of nitrogens with one attached hydrogen (secondary N) is 2. The Morgan fingerprint density at radius 3 is 2.69 bits per heavy atom. The van der Waals surface area contributed by atoms with E-state index in [2.05, 4.69) is 22.5 Å². The quantitative estimate of drug-likeness (QED) is 0.540. The lowest BCUT2D eigenvalue weighted by molar-refractivity contribution is 0.306. The second kappa shape index (κ2) is 8.87. The van der Waals surface area contributed by atoms with Gasteiger partial charge in [0, 0.05) is 17.0 Å². The smallest absolute Gasteiger partial charge is 0.214 e. The standard InChI is InChI=1S/C19H21ClN4OS/c1-2-5-18-22-23-19(26)24(18)21-12-14-8-10-16(11-9-14)25-13-15-6-3-4-7-17(15)20/h3-4,6-11,21H,2,5,12-13H2,1H3,(H,23,26). The van der Waals surface area contributed by atoms with Gasteiger partial charge in [0.1, 0.15) is 12.4 Å². The first kappa shape index (κ1) is 18.5. The highest BCUT2D eigenvalue weighted by Gasteiger charge is 2.05. The van der Waals surface area contributed by atoms with Gasteiger partial charge < -0.3 is 10.2 Å². The van der Waals surface area contributed by atoms with Crippen LogP contribution in [0, 0.1) is 4.77 Å². The fourth-order valence-corrected chi connectivity index (χ4v) is 2.94. The fourth-order valence-electron chi connectivity index (χ4n) is 2.53. The molecule has 1 heterocycles. The molecule has 0 aliphatic heterocycles. The molecule has 2 aromatic carbocycles. The third-order valence-corrected chi connectivity index (χ3v) is 4.57. The first-order valence-corrected chi connectivity index (χ1v) is 9.31. The van der Waals surface area contributed by atoms with E-state index in [0.717, 1.165) is 35.5 Å². The van der Waals surface area contributed by atoms with Crippen molar-refractivity contribution < 1.29 is 4.74 Å². The van der Waals surface area contributed by atoms with Crippen molar-refractivity contribution in [1.82, 2.24) is 14.9 Å². The van der Waals surface area contributed by atoms with E-state index in [9.17, 15) is 0 Å². The molecule has 0 unspecified atom stereocenters. The Labute approximate surface area is 162 Å². The molecule has 0 amide bonds. The molecule has 1 aromatic heterocycles. The summed E-state index contributed by atoms with van der Waals surface area (Å²) >= 11 is 11.4. The van der Waals surface area contributed by atoms with Gasteiger partial charge in [0.15, 0.2) is 5.82 Å². The summed E-state index contributed by atoms with van der Waals surface area (Å²) in [7, 11) is 0. The van der Waals surface area contributed by atoms with Crippen LogP contribution in [0.4, 0.5) is 0 Å². The molecule has 0 spiro atoms. The molecule has 136 valence electrons. The minimum absolute atomic E-state index is 0.446. The Kier molecular flexibility index (Phi) is 6.30. The van der Waals surface area contributed by atoms with Crippen molar-refractivity contribution in [3.05, 3.63) is 75.3 Å². The van der Waals surface area contributed by atoms with Crippen molar-refractivity contribution in [3.63, 3.8) is 0 Å². The average Bonchev–Trinajstić information content (AvgIpc) is 3.00. The van der Waals surface area contributed by atoms with Crippen LogP contribution in [0.15, 0.2) is 48.5 Å². The van der Waals surface area contributed by atoms with Gasteiger partial charge in [-0.2, -0.15) is 5.10 Å². The largest absolute Gasteiger partial charge is 0.489 e. The van der Waals surface area contributed by atoms with Crippen molar-refractivity contribution >= 4 is 23.8 Å². The Morgan fingerprint density at radius 1 is 1.19 bits per heavy atom. The molecule has 0 saturated carbocycles. The zero-order chi connectivity index (χ0) is 18.4. The van der Waals surface area contributed by atoms with Crippen LogP contribution in [0.25, 0.3) is 0 Å². The Hall–Kier alpha value is -2.31. The van der Waals surface area contributed by atoms with Crippen LogP contribution in [-0.4, -0.2) is 14.9 Å². The number of aryl methyl sites for hydroxylation is 1. The lowest BCUT2D eigenvalue weighted by Gasteiger charge is -2.11. The molecule has 0 bridgehead atoms. The highest BCUT2D eigenvalue weighted by Crippen LogP contribution is 2.19. The minimum atomic E-state index is 0.446. The molecule has 5 nitrogen and oxygen atoms in total. The molecule has 0 saturated heterocycles. The zero-order valence-corrected chi connectivity index (χ0v) is 16.1. The SMILES string of the molecule is CCCc1n[nH]c(=S)n1NCc1ccc(OCc2ccccc2Cl)cc1. The van der Waals surface area contributed by atoms with Gasteiger partial charge in [0.05, 0.1) is 6.54 Å². The van der Waals surface area contributed by atoms with E-state index < -0.39 is 0 Å². The molecule has 26 heavy (non-hydrogen) atoms. The summed E-state index contributed by atoms with van der Waals surface area (Å²) in [6.07, 6.45) is 1.88. The molecule has 0 fully saturated rings. The Balaban J connectivity index is 1.57. The predicted octanol–water partition coefficient (Wildman–Crippen LogP) is 4.87. The van der Waals surface area contributed by atoms with E-state index in [0.29, 0.717) is 22.9 Å². The summed E-state index contributed by atoms with van der Waals surface area (Å²) in [6.45, 7) is 3.21. The highest BCUT2D eigenvalue weighted by molar-refractivity contribution is 7.71. The number of benzene rings is 2. The molecular formula is C19H21ClN4OS. The van der Waals surface area contributed by atoms with Crippen LogP contribution in [0.3, 0.4) is 0 Å². The molecular weight excluding hydrogens is 368 g/mol. The number of rotatable bonds is 8. The van der Waals surface area contributed by atoms with Crippen molar-refractivity contribution in [2.24, 2.45) is 0 Å². The topological polar surface area (TPSA) is 54.9 Å². The van der Waals surface area contributed by atoms with Gasteiger partial charge in [0.2, 0.25) is 4.77 Å². The molecule has 0 aliphatic rings. The number of hydrogen-bond acceptors (Lipinski definition) is 4. The molecule has 7 heteroatoms. The summed E-state index contributed by atoms with van der Waals surface area (Å²) in [6, 6.07) is 15.6. The summed E-state index contributed by atoms with van der Waals surface area (Å²) in [5.41, 5.74) is 5.40. The van der Waals surface area contributed by atoms with Crippen LogP contribution < -0.4 is 10.2 Å². The number of aromatic amines is 1. The maximum atomic E-state index is 6.15. The second-order valence-electron chi connectivity index (χ2n) is 5.89. The lowest BCUT2D eigenvalue weighted by atomic mass is 10.2. The minimum Gasteiger partial charge on any atom is -0.489 e. The van der Waals surface area contributed by atoms with E-state index >= 15 is 0 Å². The van der Waals surface area contributed by atoms with Crippen LogP contribution in [0.2, 0.25) is 5.02 Å². The Morgan fingerprint density at radius 2 is 1.96 bits per heavy atom. The molecule has 2 N–H and O–H groups in total. The predicted molar refractivity (Wildman–Crippen MR) is 107 cm³/mol. The van der Waals surface area contributed by atoms with Crippen LogP contribution in [0.1, 0.15) is 30.3 Å². The van der Waals surface area contributed by atoms with E-state index in [-0.39, 0.29) is 0 Å². The van der Waals surface area contributed by atoms with Gasteiger partial charge in [0.25, 0.3) is 0 Å². The van der Waals surface area contributed by atoms with Gasteiger partial charge >= 0.3 is 0 Å². The number of H-pyrrole nitrogens is 1. The molecule has 0 radical (unpaired) electrons. The molecule has 0 aliphatic carbocycles. The molecule has 3 rings (SSSR count). The van der Waals surface area contributed by atoms with E-state index in [1.165, 1.54) is 0 Å². The van der Waals surface area contributed by atoms with Crippen molar-refractivity contribution in [3.8, 4) is 5.75 Å². The monoisotopic (exact) mass is 388 g/mol. The van der Waals surface area contributed by atoms with Crippen LogP contribution in [-0.2, 0) is 19.6 Å².